The number of nitrogens with two attached hydrogens (primary N) is 1. The number of hydrogen-bond donors (Lipinski definition) is 2. The number of anilines is 2. The van der Waals surface area contributed by atoms with E-state index in [2.05, 4.69) is 15.3 Å². The molecule has 1 aromatic heterocycles. The molecular weight excluding hydrogens is 232 g/mol. The van der Waals surface area contributed by atoms with Crippen molar-refractivity contribution in [2.45, 2.75) is 6.92 Å². The third kappa shape index (κ3) is 2.65. The molecule has 0 atom stereocenters. The van der Waals surface area contributed by atoms with Crippen molar-refractivity contribution < 1.29 is 9.53 Å². The molecule has 0 unspecified atom stereocenters. The molecule has 2 aromatic rings. The summed E-state index contributed by atoms with van der Waals surface area (Å²) in [5.74, 6) is 0.366. The molecular formula is C12H14N4O2. The van der Waals surface area contributed by atoms with Gasteiger partial charge in [-0.05, 0) is 19.1 Å². The largest absolute Gasteiger partial charge is 0.465 e. The lowest BCUT2D eigenvalue weighted by atomic mass is 10.2. The highest BCUT2D eigenvalue weighted by Gasteiger charge is 2.07. The van der Waals surface area contributed by atoms with E-state index < -0.39 is 0 Å². The summed E-state index contributed by atoms with van der Waals surface area (Å²) in [6, 6.07) is 7.44. The Morgan fingerprint density at radius 1 is 1.39 bits per heavy atom. The van der Waals surface area contributed by atoms with Crippen molar-refractivity contribution in [3.63, 3.8) is 0 Å². The SMILES string of the molecule is CCOC(=O)CNc1nc(N)nc2ccccc12. The number of para-hydroxylation sites is 1. The van der Waals surface area contributed by atoms with E-state index in [9.17, 15) is 4.79 Å². The molecule has 0 saturated carbocycles. The van der Waals surface area contributed by atoms with Crippen molar-refractivity contribution in [2.75, 3.05) is 24.2 Å². The zero-order chi connectivity index (χ0) is 13.0. The minimum atomic E-state index is -0.334. The van der Waals surface area contributed by atoms with Crippen LogP contribution < -0.4 is 11.1 Å². The van der Waals surface area contributed by atoms with Crippen LogP contribution in [0.4, 0.5) is 11.8 Å². The van der Waals surface area contributed by atoms with Crippen molar-refractivity contribution in [3.05, 3.63) is 24.3 Å². The molecule has 6 nitrogen and oxygen atoms in total. The topological polar surface area (TPSA) is 90.1 Å². The summed E-state index contributed by atoms with van der Waals surface area (Å²) in [5, 5.41) is 3.72. The van der Waals surface area contributed by atoms with Gasteiger partial charge in [-0.3, -0.25) is 4.79 Å². The maximum Gasteiger partial charge on any atom is 0.325 e. The van der Waals surface area contributed by atoms with Crippen molar-refractivity contribution in [1.29, 1.82) is 0 Å². The summed E-state index contributed by atoms with van der Waals surface area (Å²) in [4.78, 5) is 19.5. The highest BCUT2D eigenvalue weighted by Crippen LogP contribution is 2.20. The first kappa shape index (κ1) is 12.1. The van der Waals surface area contributed by atoms with Gasteiger partial charge in [0.05, 0.1) is 12.1 Å². The van der Waals surface area contributed by atoms with Gasteiger partial charge < -0.3 is 15.8 Å². The lowest BCUT2D eigenvalue weighted by Gasteiger charge is -2.08. The average Bonchev–Trinajstić information content (AvgIpc) is 2.36. The van der Waals surface area contributed by atoms with E-state index in [1.807, 2.05) is 24.3 Å². The minimum Gasteiger partial charge on any atom is -0.465 e. The van der Waals surface area contributed by atoms with Crippen molar-refractivity contribution in [1.82, 2.24) is 9.97 Å². The van der Waals surface area contributed by atoms with Gasteiger partial charge in [0.1, 0.15) is 12.4 Å². The van der Waals surface area contributed by atoms with Gasteiger partial charge in [-0.2, -0.15) is 4.98 Å². The number of hydrogen-bond acceptors (Lipinski definition) is 6. The van der Waals surface area contributed by atoms with E-state index in [0.29, 0.717) is 12.4 Å². The van der Waals surface area contributed by atoms with Gasteiger partial charge >= 0.3 is 5.97 Å². The number of carbonyl (C=O) groups is 1. The van der Waals surface area contributed by atoms with Gasteiger partial charge in [-0.25, -0.2) is 4.98 Å². The molecule has 2 rings (SSSR count). The van der Waals surface area contributed by atoms with Gasteiger partial charge in [0.25, 0.3) is 0 Å². The summed E-state index contributed by atoms with van der Waals surface area (Å²) >= 11 is 0. The molecule has 0 aliphatic rings. The second kappa shape index (κ2) is 5.31. The molecule has 0 spiro atoms. The fourth-order valence-electron chi connectivity index (χ4n) is 1.60. The first-order chi connectivity index (χ1) is 8.70. The van der Waals surface area contributed by atoms with Crippen molar-refractivity contribution in [2.24, 2.45) is 0 Å². The molecule has 0 bridgehead atoms. The van der Waals surface area contributed by atoms with Crippen molar-refractivity contribution >= 4 is 28.6 Å². The van der Waals surface area contributed by atoms with Gasteiger partial charge in [-0.1, -0.05) is 12.1 Å². The van der Waals surface area contributed by atoms with Crippen LogP contribution in [0.25, 0.3) is 10.9 Å². The highest BCUT2D eigenvalue weighted by molar-refractivity contribution is 5.91. The number of esters is 1. The van der Waals surface area contributed by atoms with Crippen LogP contribution >= 0.6 is 0 Å². The van der Waals surface area contributed by atoms with Gasteiger partial charge in [-0.15, -0.1) is 0 Å². The number of nitrogens with zero attached hydrogens (tertiary/aromatic N) is 2. The Hall–Kier alpha value is -2.37. The zero-order valence-corrected chi connectivity index (χ0v) is 10.0. The number of nitrogen functional groups attached to an aromatic ring is 1. The molecule has 3 N–H and O–H groups in total. The fraction of sp³-hybridized carbons (Fsp3) is 0.250. The van der Waals surface area contributed by atoms with E-state index >= 15 is 0 Å². The molecule has 0 aliphatic carbocycles. The molecule has 94 valence electrons. The number of carbonyl (C=O) groups excluding carboxylic acids is 1. The smallest absolute Gasteiger partial charge is 0.325 e. The van der Waals surface area contributed by atoms with E-state index in [0.717, 1.165) is 10.9 Å². The molecule has 0 fully saturated rings. The molecule has 0 saturated heterocycles. The normalized spacial score (nSPS) is 10.3. The quantitative estimate of drug-likeness (QED) is 0.787. The van der Waals surface area contributed by atoms with E-state index in [-0.39, 0.29) is 18.5 Å². The fourth-order valence-corrected chi connectivity index (χ4v) is 1.60. The number of rotatable bonds is 4. The Kier molecular flexibility index (Phi) is 3.57. The Bertz CT molecular complexity index is 571. The lowest BCUT2D eigenvalue weighted by molar-refractivity contribution is -0.140. The maximum absolute atomic E-state index is 11.3. The van der Waals surface area contributed by atoms with E-state index in [4.69, 9.17) is 10.5 Å². The summed E-state index contributed by atoms with van der Waals surface area (Å²) < 4.78 is 4.83. The molecule has 1 heterocycles. The van der Waals surface area contributed by atoms with E-state index in [1.165, 1.54) is 0 Å². The predicted octanol–water partition coefficient (Wildman–Crippen LogP) is 1.19. The van der Waals surface area contributed by atoms with Crippen LogP contribution in [0.5, 0.6) is 0 Å². The number of nitrogens with one attached hydrogen (secondary N) is 1. The second-order valence-corrected chi connectivity index (χ2v) is 3.61. The molecule has 0 aliphatic heterocycles. The van der Waals surface area contributed by atoms with Crippen LogP contribution in [-0.2, 0) is 9.53 Å². The summed E-state index contributed by atoms with van der Waals surface area (Å²) in [6.45, 7) is 2.16. The van der Waals surface area contributed by atoms with Crippen LogP contribution in [0.3, 0.4) is 0 Å². The Labute approximate surface area is 104 Å². The van der Waals surface area contributed by atoms with Crippen molar-refractivity contribution in [3.8, 4) is 0 Å². The van der Waals surface area contributed by atoms with Crippen LogP contribution in [0.15, 0.2) is 24.3 Å². The maximum atomic E-state index is 11.3. The number of fused-ring (bicyclic) bond motifs is 1. The first-order valence-corrected chi connectivity index (χ1v) is 5.62. The van der Waals surface area contributed by atoms with Gasteiger partial charge in [0.2, 0.25) is 5.95 Å². The van der Waals surface area contributed by atoms with E-state index in [1.54, 1.807) is 6.92 Å². The molecule has 6 heteroatoms. The number of ether oxygens (including phenoxy) is 1. The third-order valence-corrected chi connectivity index (χ3v) is 2.33. The predicted molar refractivity (Wildman–Crippen MR) is 69.1 cm³/mol. The second-order valence-electron chi connectivity index (χ2n) is 3.61. The molecule has 18 heavy (non-hydrogen) atoms. The molecule has 1 aromatic carbocycles. The summed E-state index contributed by atoms with van der Waals surface area (Å²) in [7, 11) is 0. The Balaban J connectivity index is 2.24. The standard InChI is InChI=1S/C12H14N4O2/c1-2-18-10(17)7-14-11-8-5-3-4-6-9(8)15-12(13)16-11/h3-6H,2,7H2,1H3,(H3,13,14,15,16). The zero-order valence-electron chi connectivity index (χ0n) is 10.0. The lowest BCUT2D eigenvalue weighted by Crippen LogP contribution is -2.18. The Morgan fingerprint density at radius 3 is 2.94 bits per heavy atom. The van der Waals surface area contributed by atoms with Crippen LogP contribution in [-0.4, -0.2) is 29.1 Å². The van der Waals surface area contributed by atoms with Crippen LogP contribution in [0.1, 0.15) is 6.92 Å². The monoisotopic (exact) mass is 246 g/mol. The summed E-state index contributed by atoms with van der Waals surface area (Å²) in [5.41, 5.74) is 6.34. The van der Waals surface area contributed by atoms with Crippen LogP contribution in [0.2, 0.25) is 0 Å². The molecule has 0 amide bonds. The minimum absolute atomic E-state index is 0.0499. The molecule has 0 radical (unpaired) electrons. The van der Waals surface area contributed by atoms with Gasteiger partial charge in [0.15, 0.2) is 0 Å². The highest BCUT2D eigenvalue weighted by atomic mass is 16.5. The summed E-state index contributed by atoms with van der Waals surface area (Å²) in [6.07, 6.45) is 0. The number of benzene rings is 1. The first-order valence-electron chi connectivity index (χ1n) is 5.62. The number of aromatic nitrogens is 2. The average molecular weight is 246 g/mol. The Morgan fingerprint density at radius 2 is 2.17 bits per heavy atom. The van der Waals surface area contributed by atoms with Crippen LogP contribution in [0, 0.1) is 0 Å². The third-order valence-electron chi connectivity index (χ3n) is 2.33. The van der Waals surface area contributed by atoms with Gasteiger partial charge in [0, 0.05) is 5.39 Å².